The number of hydrogen-bond donors (Lipinski definition) is 0. The highest BCUT2D eigenvalue weighted by Crippen LogP contribution is 2.19. The summed E-state index contributed by atoms with van der Waals surface area (Å²) in [5.41, 5.74) is 3.26. The predicted octanol–water partition coefficient (Wildman–Crippen LogP) is 3.15. The quantitative estimate of drug-likeness (QED) is 0.858. The topological polar surface area (TPSA) is 21.1 Å². The summed E-state index contributed by atoms with van der Waals surface area (Å²) in [6, 6.07) is 4.51. The van der Waals surface area contributed by atoms with Gasteiger partial charge in [-0.05, 0) is 31.7 Å². The van der Waals surface area contributed by atoms with Crippen LogP contribution in [0.25, 0.3) is 0 Å². The van der Waals surface area contributed by atoms with E-state index in [2.05, 4.69) is 10.00 Å². The minimum Gasteiger partial charge on any atom is -0.298 e. The Kier molecular flexibility index (Phi) is 4.22. The van der Waals surface area contributed by atoms with E-state index in [0.717, 1.165) is 17.8 Å². The van der Waals surface area contributed by atoms with E-state index in [-0.39, 0.29) is 5.82 Å². The molecular formula is C14H17ClFN3. The summed E-state index contributed by atoms with van der Waals surface area (Å²) in [7, 11) is 3.93. The molecule has 0 aliphatic rings. The van der Waals surface area contributed by atoms with Gasteiger partial charge >= 0.3 is 0 Å². The number of halogens is 2. The molecule has 1 aromatic carbocycles. The van der Waals surface area contributed by atoms with Gasteiger partial charge in [-0.25, -0.2) is 4.39 Å². The number of nitrogens with zero attached hydrogens (tertiary/aromatic N) is 3. The molecule has 0 atom stereocenters. The maximum Gasteiger partial charge on any atom is 0.124 e. The molecule has 0 saturated carbocycles. The van der Waals surface area contributed by atoms with Crippen molar-refractivity contribution in [2.24, 2.45) is 7.05 Å². The van der Waals surface area contributed by atoms with Crippen LogP contribution >= 0.6 is 11.6 Å². The van der Waals surface area contributed by atoms with Gasteiger partial charge in [0.25, 0.3) is 0 Å². The van der Waals surface area contributed by atoms with Crippen LogP contribution in [0.1, 0.15) is 16.8 Å². The summed E-state index contributed by atoms with van der Waals surface area (Å²) in [5.74, 6) is -0.306. The molecule has 1 heterocycles. The van der Waals surface area contributed by atoms with Gasteiger partial charge in [0.15, 0.2) is 0 Å². The highest BCUT2D eigenvalue weighted by molar-refractivity contribution is 6.31. The zero-order valence-electron chi connectivity index (χ0n) is 11.3. The number of benzene rings is 1. The molecule has 0 aliphatic carbocycles. The van der Waals surface area contributed by atoms with Gasteiger partial charge in [0.1, 0.15) is 5.82 Å². The van der Waals surface area contributed by atoms with E-state index in [4.69, 9.17) is 11.6 Å². The number of aryl methyl sites for hydroxylation is 1. The van der Waals surface area contributed by atoms with E-state index in [1.165, 1.54) is 17.7 Å². The van der Waals surface area contributed by atoms with Crippen molar-refractivity contribution >= 4 is 11.6 Å². The Morgan fingerprint density at radius 2 is 2.00 bits per heavy atom. The highest BCUT2D eigenvalue weighted by Gasteiger charge is 2.09. The minimum absolute atomic E-state index is 0.306. The van der Waals surface area contributed by atoms with Crippen LogP contribution in [-0.4, -0.2) is 21.7 Å². The van der Waals surface area contributed by atoms with Crippen LogP contribution in [0.2, 0.25) is 5.02 Å². The standard InChI is InChI=1S/C14H17ClFN3/c1-10-12(7-17-19(10)3)9-18(2)8-11-4-5-13(16)6-14(11)15/h4-7H,8-9H2,1-3H3. The van der Waals surface area contributed by atoms with Gasteiger partial charge in [-0.3, -0.25) is 9.58 Å². The summed E-state index contributed by atoms with van der Waals surface area (Å²) in [6.07, 6.45) is 1.87. The van der Waals surface area contributed by atoms with Crippen LogP contribution in [0.5, 0.6) is 0 Å². The number of hydrogen-bond acceptors (Lipinski definition) is 2. The van der Waals surface area contributed by atoms with Crippen molar-refractivity contribution in [1.29, 1.82) is 0 Å². The molecule has 1 aromatic heterocycles. The average molecular weight is 282 g/mol. The number of rotatable bonds is 4. The van der Waals surface area contributed by atoms with E-state index < -0.39 is 0 Å². The van der Waals surface area contributed by atoms with Gasteiger partial charge in [-0.2, -0.15) is 5.10 Å². The first-order chi connectivity index (χ1) is 8.97. The lowest BCUT2D eigenvalue weighted by atomic mass is 10.2. The maximum absolute atomic E-state index is 13.0. The SMILES string of the molecule is Cc1c(CN(C)Cc2ccc(F)cc2Cl)cnn1C. The van der Waals surface area contributed by atoms with Crippen molar-refractivity contribution in [2.45, 2.75) is 20.0 Å². The first-order valence-electron chi connectivity index (χ1n) is 6.07. The average Bonchev–Trinajstić information content (AvgIpc) is 2.65. The monoisotopic (exact) mass is 281 g/mol. The van der Waals surface area contributed by atoms with E-state index in [1.807, 2.05) is 31.9 Å². The fraction of sp³-hybridized carbons (Fsp3) is 0.357. The molecule has 2 aromatic rings. The third-order valence-electron chi connectivity index (χ3n) is 3.23. The molecule has 0 saturated heterocycles. The molecule has 0 fully saturated rings. The maximum atomic E-state index is 13.0. The molecule has 0 radical (unpaired) electrons. The first kappa shape index (κ1) is 14.0. The number of aromatic nitrogens is 2. The molecule has 3 nitrogen and oxygen atoms in total. The zero-order valence-corrected chi connectivity index (χ0v) is 12.1. The second-order valence-corrected chi connectivity index (χ2v) is 5.19. The Morgan fingerprint density at radius 1 is 1.32 bits per heavy atom. The zero-order chi connectivity index (χ0) is 14.0. The van der Waals surface area contributed by atoms with Crippen molar-refractivity contribution < 1.29 is 4.39 Å². The molecule has 0 aliphatic heterocycles. The van der Waals surface area contributed by atoms with Crippen molar-refractivity contribution in [3.8, 4) is 0 Å². The lowest BCUT2D eigenvalue weighted by molar-refractivity contribution is 0.318. The Bertz CT molecular complexity index is 580. The highest BCUT2D eigenvalue weighted by atomic mass is 35.5. The lowest BCUT2D eigenvalue weighted by Gasteiger charge is -2.17. The third kappa shape index (κ3) is 3.33. The van der Waals surface area contributed by atoms with E-state index >= 15 is 0 Å². The van der Waals surface area contributed by atoms with E-state index in [1.54, 1.807) is 6.07 Å². The van der Waals surface area contributed by atoms with Crippen LogP contribution in [0, 0.1) is 12.7 Å². The fourth-order valence-corrected chi connectivity index (χ4v) is 2.21. The smallest absolute Gasteiger partial charge is 0.124 e. The van der Waals surface area contributed by atoms with Gasteiger partial charge < -0.3 is 0 Å². The summed E-state index contributed by atoms with van der Waals surface area (Å²) in [6.45, 7) is 3.50. The van der Waals surface area contributed by atoms with Crippen molar-refractivity contribution in [3.05, 3.63) is 52.1 Å². The van der Waals surface area contributed by atoms with E-state index in [9.17, 15) is 4.39 Å². The van der Waals surface area contributed by atoms with Gasteiger partial charge in [0, 0.05) is 36.4 Å². The van der Waals surface area contributed by atoms with Crippen LogP contribution < -0.4 is 0 Å². The summed E-state index contributed by atoms with van der Waals surface area (Å²) >= 11 is 6.03. The summed E-state index contributed by atoms with van der Waals surface area (Å²) in [4.78, 5) is 2.13. The Hall–Kier alpha value is -1.39. The van der Waals surface area contributed by atoms with E-state index in [0.29, 0.717) is 11.6 Å². The molecule has 102 valence electrons. The summed E-state index contributed by atoms with van der Waals surface area (Å²) < 4.78 is 14.8. The molecule has 0 amide bonds. The second-order valence-electron chi connectivity index (χ2n) is 4.79. The third-order valence-corrected chi connectivity index (χ3v) is 3.58. The Labute approximate surface area is 117 Å². The van der Waals surface area contributed by atoms with Gasteiger partial charge in [0.05, 0.1) is 6.20 Å². The van der Waals surface area contributed by atoms with Crippen molar-refractivity contribution in [1.82, 2.24) is 14.7 Å². The largest absolute Gasteiger partial charge is 0.298 e. The minimum atomic E-state index is -0.306. The molecular weight excluding hydrogens is 265 g/mol. The van der Waals surface area contributed by atoms with Crippen molar-refractivity contribution in [3.63, 3.8) is 0 Å². The first-order valence-corrected chi connectivity index (χ1v) is 6.45. The molecule has 0 N–H and O–H groups in total. The second kappa shape index (κ2) is 5.72. The van der Waals surface area contributed by atoms with Crippen LogP contribution in [0.3, 0.4) is 0 Å². The molecule has 0 spiro atoms. The van der Waals surface area contributed by atoms with Crippen molar-refractivity contribution in [2.75, 3.05) is 7.05 Å². The van der Waals surface area contributed by atoms with Crippen LogP contribution in [0.4, 0.5) is 4.39 Å². The Balaban J connectivity index is 2.05. The predicted molar refractivity (Wildman–Crippen MR) is 74.5 cm³/mol. The van der Waals surface area contributed by atoms with Gasteiger partial charge in [-0.1, -0.05) is 17.7 Å². The molecule has 19 heavy (non-hydrogen) atoms. The van der Waals surface area contributed by atoms with Crippen LogP contribution in [0.15, 0.2) is 24.4 Å². The molecule has 2 rings (SSSR count). The molecule has 0 unspecified atom stereocenters. The lowest BCUT2D eigenvalue weighted by Crippen LogP contribution is -2.18. The molecule has 5 heteroatoms. The summed E-state index contributed by atoms with van der Waals surface area (Å²) in [5, 5.41) is 4.69. The van der Waals surface area contributed by atoms with Gasteiger partial charge in [0.2, 0.25) is 0 Å². The normalized spacial score (nSPS) is 11.3. The molecule has 0 bridgehead atoms. The fourth-order valence-electron chi connectivity index (χ4n) is 1.99. The van der Waals surface area contributed by atoms with Gasteiger partial charge in [-0.15, -0.1) is 0 Å². The Morgan fingerprint density at radius 3 is 2.58 bits per heavy atom. The van der Waals surface area contributed by atoms with Crippen LogP contribution in [-0.2, 0) is 20.1 Å².